The predicted octanol–water partition coefficient (Wildman–Crippen LogP) is 3.63. The van der Waals surface area contributed by atoms with Gasteiger partial charge in [-0.25, -0.2) is 0 Å². The summed E-state index contributed by atoms with van der Waals surface area (Å²) in [6.07, 6.45) is -1.64. The number of halogens is 4. The van der Waals surface area contributed by atoms with Crippen molar-refractivity contribution in [2.24, 2.45) is 0 Å². The van der Waals surface area contributed by atoms with E-state index in [0.29, 0.717) is 4.47 Å². The number of ether oxygens (including phenoxy) is 1. The monoisotopic (exact) mass is 333 g/mol. The van der Waals surface area contributed by atoms with Crippen LogP contribution in [0.2, 0.25) is 0 Å². The van der Waals surface area contributed by atoms with Crippen LogP contribution in [0.3, 0.4) is 0 Å². The number of anilines is 1. The van der Waals surface area contributed by atoms with Crippen LogP contribution in [0.15, 0.2) is 35.1 Å². The van der Waals surface area contributed by atoms with Crippen LogP contribution >= 0.6 is 15.9 Å². The van der Waals surface area contributed by atoms with Gasteiger partial charge in [0.2, 0.25) is 5.88 Å². The summed E-state index contributed by atoms with van der Waals surface area (Å²) in [6, 6.07) is 3.06. The first kappa shape index (κ1) is 13.6. The quantitative estimate of drug-likeness (QED) is 0.911. The normalized spacial score (nSPS) is 11.4. The van der Waals surface area contributed by atoms with Crippen molar-refractivity contribution in [1.29, 1.82) is 0 Å². The highest BCUT2D eigenvalue weighted by Crippen LogP contribution is 2.33. The summed E-state index contributed by atoms with van der Waals surface area (Å²) in [7, 11) is 0. The molecule has 2 rings (SSSR count). The van der Waals surface area contributed by atoms with Gasteiger partial charge >= 0.3 is 6.18 Å². The molecule has 4 nitrogen and oxygen atoms in total. The first-order valence-corrected chi connectivity index (χ1v) is 5.77. The predicted molar refractivity (Wildman–Crippen MR) is 65.7 cm³/mol. The maximum absolute atomic E-state index is 12.6. The van der Waals surface area contributed by atoms with Gasteiger partial charge in [-0.1, -0.05) is 0 Å². The number of nitrogen functional groups attached to an aromatic ring is 1. The summed E-state index contributed by atoms with van der Waals surface area (Å²) in [4.78, 5) is 7.51. The number of nitrogens with zero attached hydrogens (tertiary/aromatic N) is 2. The molecule has 2 aromatic heterocycles. The molecule has 100 valence electrons. The maximum Gasteiger partial charge on any atom is 0.416 e. The molecule has 0 amide bonds. The Morgan fingerprint density at radius 1 is 1.16 bits per heavy atom. The van der Waals surface area contributed by atoms with E-state index in [9.17, 15) is 13.2 Å². The van der Waals surface area contributed by atoms with Crippen LogP contribution in [0, 0.1) is 0 Å². The van der Waals surface area contributed by atoms with Crippen molar-refractivity contribution < 1.29 is 17.9 Å². The second kappa shape index (κ2) is 5.04. The molecule has 0 unspecified atom stereocenters. The second-order valence-electron chi connectivity index (χ2n) is 3.56. The first-order valence-electron chi connectivity index (χ1n) is 4.98. The van der Waals surface area contributed by atoms with Crippen LogP contribution in [-0.4, -0.2) is 9.97 Å². The van der Waals surface area contributed by atoms with Gasteiger partial charge < -0.3 is 10.5 Å². The third kappa shape index (κ3) is 3.57. The molecular formula is C11H7BrF3N3O. The fourth-order valence-corrected chi connectivity index (χ4v) is 1.65. The van der Waals surface area contributed by atoms with Gasteiger partial charge in [0.25, 0.3) is 0 Å². The Kier molecular flexibility index (Phi) is 3.61. The topological polar surface area (TPSA) is 61.0 Å². The number of aromatic nitrogens is 2. The van der Waals surface area contributed by atoms with Crippen LogP contribution in [0.4, 0.5) is 19.0 Å². The van der Waals surface area contributed by atoms with E-state index in [1.165, 1.54) is 12.4 Å². The van der Waals surface area contributed by atoms with Crippen LogP contribution in [0.5, 0.6) is 11.6 Å². The number of pyridine rings is 2. The average Bonchev–Trinajstić information content (AvgIpc) is 2.26. The Morgan fingerprint density at radius 2 is 1.89 bits per heavy atom. The molecule has 0 spiro atoms. The van der Waals surface area contributed by atoms with Crippen molar-refractivity contribution in [2.75, 3.05) is 5.73 Å². The Morgan fingerprint density at radius 3 is 2.53 bits per heavy atom. The number of nitrogens with two attached hydrogens (primary N) is 1. The van der Waals surface area contributed by atoms with Crippen LogP contribution in [0.25, 0.3) is 0 Å². The van der Waals surface area contributed by atoms with Gasteiger partial charge in [0.15, 0.2) is 0 Å². The lowest BCUT2D eigenvalue weighted by atomic mass is 10.2. The Bertz CT molecular complexity index is 604. The Hall–Kier alpha value is -1.83. The maximum atomic E-state index is 12.6. The van der Waals surface area contributed by atoms with Crippen molar-refractivity contribution >= 4 is 21.7 Å². The van der Waals surface area contributed by atoms with E-state index in [4.69, 9.17) is 10.5 Å². The lowest BCUT2D eigenvalue weighted by molar-refractivity contribution is -0.137. The van der Waals surface area contributed by atoms with Gasteiger partial charge in [0.05, 0.1) is 11.8 Å². The van der Waals surface area contributed by atoms with E-state index in [1.807, 2.05) is 0 Å². The third-order valence-corrected chi connectivity index (χ3v) is 2.48. The second-order valence-corrected chi connectivity index (χ2v) is 4.47. The highest BCUT2D eigenvalue weighted by atomic mass is 79.9. The highest BCUT2D eigenvalue weighted by Gasteiger charge is 2.31. The van der Waals surface area contributed by atoms with E-state index in [-0.39, 0.29) is 17.4 Å². The molecule has 0 aliphatic heterocycles. The summed E-state index contributed by atoms with van der Waals surface area (Å²) >= 11 is 3.17. The van der Waals surface area contributed by atoms with Crippen LogP contribution in [-0.2, 0) is 6.18 Å². The zero-order valence-corrected chi connectivity index (χ0v) is 10.9. The molecule has 0 fully saturated rings. The van der Waals surface area contributed by atoms with Gasteiger partial charge in [0, 0.05) is 16.7 Å². The Balaban J connectivity index is 2.33. The fraction of sp³-hybridized carbons (Fsp3) is 0.0909. The van der Waals surface area contributed by atoms with Crippen molar-refractivity contribution in [3.8, 4) is 11.6 Å². The zero-order chi connectivity index (χ0) is 14.0. The van der Waals surface area contributed by atoms with Crippen LogP contribution in [0.1, 0.15) is 5.56 Å². The van der Waals surface area contributed by atoms with E-state index in [2.05, 4.69) is 25.9 Å². The number of rotatable bonds is 2. The molecule has 0 aromatic carbocycles. The molecule has 0 saturated heterocycles. The minimum atomic E-state index is -4.51. The molecule has 0 atom stereocenters. The lowest BCUT2D eigenvalue weighted by Crippen LogP contribution is -2.07. The van der Waals surface area contributed by atoms with E-state index < -0.39 is 11.7 Å². The minimum Gasteiger partial charge on any atom is -0.437 e. The van der Waals surface area contributed by atoms with Crippen molar-refractivity contribution in [2.45, 2.75) is 6.18 Å². The summed E-state index contributed by atoms with van der Waals surface area (Å²) in [5.74, 6) is -0.263. The molecule has 0 aliphatic rings. The largest absolute Gasteiger partial charge is 0.437 e. The standard InChI is InChI=1S/C11H7BrF3N3O/c12-7-3-8(5-17-4-7)19-10-2-6(11(13,14)15)1-9(16)18-10/h1-5H,(H2,16,18). The highest BCUT2D eigenvalue weighted by molar-refractivity contribution is 9.10. The molecule has 8 heteroatoms. The Labute approximate surface area is 114 Å². The van der Waals surface area contributed by atoms with Crippen molar-refractivity contribution in [3.63, 3.8) is 0 Å². The lowest BCUT2D eigenvalue weighted by Gasteiger charge is -2.10. The molecule has 0 bridgehead atoms. The number of hydrogen-bond donors (Lipinski definition) is 1. The van der Waals surface area contributed by atoms with Gasteiger partial charge in [-0.3, -0.25) is 4.98 Å². The zero-order valence-electron chi connectivity index (χ0n) is 9.28. The van der Waals surface area contributed by atoms with Gasteiger partial charge in [-0.05, 0) is 28.1 Å². The third-order valence-electron chi connectivity index (χ3n) is 2.05. The molecule has 2 heterocycles. The van der Waals surface area contributed by atoms with Crippen molar-refractivity contribution in [3.05, 3.63) is 40.6 Å². The van der Waals surface area contributed by atoms with E-state index in [0.717, 1.165) is 12.1 Å². The summed E-state index contributed by atoms with van der Waals surface area (Å²) < 4.78 is 43.6. The fourth-order valence-electron chi connectivity index (χ4n) is 1.31. The van der Waals surface area contributed by atoms with Gasteiger partial charge in [0.1, 0.15) is 11.6 Å². The van der Waals surface area contributed by atoms with Crippen LogP contribution < -0.4 is 10.5 Å². The summed E-state index contributed by atoms with van der Waals surface area (Å²) in [5, 5.41) is 0. The molecule has 0 saturated carbocycles. The number of alkyl halides is 3. The smallest absolute Gasteiger partial charge is 0.416 e. The summed E-state index contributed by atoms with van der Waals surface area (Å²) in [5.41, 5.74) is 4.41. The van der Waals surface area contributed by atoms with E-state index >= 15 is 0 Å². The SMILES string of the molecule is Nc1cc(C(F)(F)F)cc(Oc2cncc(Br)c2)n1. The molecular weight excluding hydrogens is 327 g/mol. The molecule has 0 radical (unpaired) electrons. The van der Waals surface area contributed by atoms with E-state index in [1.54, 1.807) is 6.07 Å². The van der Waals surface area contributed by atoms with Gasteiger partial charge in [-0.2, -0.15) is 18.2 Å². The molecule has 19 heavy (non-hydrogen) atoms. The molecule has 2 N–H and O–H groups in total. The number of hydrogen-bond acceptors (Lipinski definition) is 4. The molecule has 2 aromatic rings. The van der Waals surface area contributed by atoms with Gasteiger partial charge in [-0.15, -0.1) is 0 Å². The average molecular weight is 334 g/mol. The first-order chi connectivity index (χ1) is 8.84. The molecule has 0 aliphatic carbocycles. The minimum absolute atomic E-state index is 0.243. The summed E-state index contributed by atoms with van der Waals surface area (Å²) in [6.45, 7) is 0. The van der Waals surface area contributed by atoms with Crippen molar-refractivity contribution in [1.82, 2.24) is 9.97 Å².